The maximum absolute atomic E-state index is 5.25. The SMILES string of the molecule is CCNCc1noc(-c2ccc3nccnc3c2)n1. The summed E-state index contributed by atoms with van der Waals surface area (Å²) in [5, 5.41) is 7.08. The van der Waals surface area contributed by atoms with Crippen molar-refractivity contribution in [3.8, 4) is 11.5 Å². The van der Waals surface area contributed by atoms with Crippen molar-refractivity contribution in [2.75, 3.05) is 6.54 Å². The van der Waals surface area contributed by atoms with Crippen LogP contribution in [0.15, 0.2) is 35.1 Å². The van der Waals surface area contributed by atoms with Crippen LogP contribution in [0.5, 0.6) is 0 Å². The molecule has 19 heavy (non-hydrogen) atoms. The largest absolute Gasteiger partial charge is 0.334 e. The molecule has 0 unspecified atom stereocenters. The number of nitrogens with one attached hydrogen (secondary N) is 1. The Labute approximate surface area is 109 Å². The fraction of sp³-hybridized carbons (Fsp3) is 0.231. The van der Waals surface area contributed by atoms with Gasteiger partial charge in [0.1, 0.15) is 0 Å². The van der Waals surface area contributed by atoms with E-state index in [9.17, 15) is 0 Å². The van der Waals surface area contributed by atoms with Gasteiger partial charge in [-0.1, -0.05) is 12.1 Å². The molecule has 1 aromatic carbocycles. The van der Waals surface area contributed by atoms with E-state index in [0.717, 1.165) is 23.1 Å². The molecule has 2 aromatic heterocycles. The predicted octanol–water partition coefficient (Wildman–Crippen LogP) is 1.79. The first kappa shape index (κ1) is 11.7. The first-order valence-electron chi connectivity index (χ1n) is 6.11. The quantitative estimate of drug-likeness (QED) is 0.765. The van der Waals surface area contributed by atoms with E-state index in [1.165, 1.54) is 0 Å². The standard InChI is InChI=1S/C13H13N5O/c1-2-14-8-12-17-13(19-18-12)9-3-4-10-11(7-9)16-6-5-15-10/h3-7,14H,2,8H2,1H3. The molecule has 3 rings (SSSR count). The van der Waals surface area contributed by atoms with Gasteiger partial charge >= 0.3 is 0 Å². The summed E-state index contributed by atoms with van der Waals surface area (Å²) in [5.41, 5.74) is 2.51. The Balaban J connectivity index is 1.92. The highest BCUT2D eigenvalue weighted by atomic mass is 16.5. The van der Waals surface area contributed by atoms with Gasteiger partial charge in [0.15, 0.2) is 5.82 Å². The molecular weight excluding hydrogens is 242 g/mol. The van der Waals surface area contributed by atoms with Crippen LogP contribution in [0, 0.1) is 0 Å². The molecule has 0 saturated carbocycles. The van der Waals surface area contributed by atoms with Crippen LogP contribution in [-0.2, 0) is 6.54 Å². The third kappa shape index (κ3) is 2.43. The van der Waals surface area contributed by atoms with E-state index in [2.05, 4.69) is 25.4 Å². The molecule has 6 heteroatoms. The van der Waals surface area contributed by atoms with Crippen LogP contribution in [-0.4, -0.2) is 26.7 Å². The maximum atomic E-state index is 5.25. The Morgan fingerprint density at radius 2 is 2.00 bits per heavy atom. The minimum absolute atomic E-state index is 0.500. The molecular formula is C13H13N5O. The number of hydrogen-bond acceptors (Lipinski definition) is 6. The highest BCUT2D eigenvalue weighted by Crippen LogP contribution is 2.20. The summed E-state index contributed by atoms with van der Waals surface area (Å²) >= 11 is 0. The van der Waals surface area contributed by atoms with E-state index < -0.39 is 0 Å². The molecule has 0 bridgehead atoms. The Kier molecular flexibility index (Phi) is 3.16. The summed E-state index contributed by atoms with van der Waals surface area (Å²) in [6.07, 6.45) is 3.33. The Hall–Kier alpha value is -2.34. The van der Waals surface area contributed by atoms with Crippen molar-refractivity contribution >= 4 is 11.0 Å². The number of fused-ring (bicyclic) bond motifs is 1. The molecule has 0 amide bonds. The summed E-state index contributed by atoms with van der Waals surface area (Å²) in [6, 6.07) is 5.69. The van der Waals surface area contributed by atoms with Gasteiger partial charge in [0, 0.05) is 18.0 Å². The third-order valence-electron chi connectivity index (χ3n) is 2.72. The van der Waals surface area contributed by atoms with E-state index in [1.54, 1.807) is 12.4 Å². The monoisotopic (exact) mass is 255 g/mol. The molecule has 0 saturated heterocycles. The zero-order valence-electron chi connectivity index (χ0n) is 10.5. The van der Waals surface area contributed by atoms with Gasteiger partial charge in [-0.2, -0.15) is 4.98 Å². The van der Waals surface area contributed by atoms with Crippen LogP contribution in [0.1, 0.15) is 12.7 Å². The normalized spacial score (nSPS) is 11.0. The first-order chi connectivity index (χ1) is 9.36. The van der Waals surface area contributed by atoms with Gasteiger partial charge in [0.2, 0.25) is 0 Å². The van der Waals surface area contributed by atoms with Crippen LogP contribution in [0.25, 0.3) is 22.5 Å². The van der Waals surface area contributed by atoms with E-state index in [4.69, 9.17) is 4.52 Å². The zero-order valence-corrected chi connectivity index (χ0v) is 10.5. The van der Waals surface area contributed by atoms with Gasteiger partial charge in [-0.05, 0) is 24.7 Å². The van der Waals surface area contributed by atoms with Crippen molar-refractivity contribution < 1.29 is 4.52 Å². The lowest BCUT2D eigenvalue weighted by atomic mass is 10.2. The van der Waals surface area contributed by atoms with E-state index >= 15 is 0 Å². The minimum Gasteiger partial charge on any atom is -0.334 e. The lowest BCUT2D eigenvalue weighted by Gasteiger charge is -1.97. The van der Waals surface area contributed by atoms with Crippen molar-refractivity contribution in [2.45, 2.75) is 13.5 Å². The lowest BCUT2D eigenvalue weighted by molar-refractivity contribution is 0.420. The molecule has 1 N–H and O–H groups in total. The molecule has 6 nitrogen and oxygen atoms in total. The fourth-order valence-corrected chi connectivity index (χ4v) is 1.78. The number of nitrogens with zero attached hydrogens (tertiary/aromatic N) is 4. The summed E-state index contributed by atoms with van der Waals surface area (Å²) in [7, 11) is 0. The van der Waals surface area contributed by atoms with Gasteiger partial charge in [0.25, 0.3) is 5.89 Å². The highest BCUT2D eigenvalue weighted by molar-refractivity contribution is 5.79. The van der Waals surface area contributed by atoms with E-state index in [1.807, 2.05) is 25.1 Å². The van der Waals surface area contributed by atoms with E-state index in [-0.39, 0.29) is 0 Å². The molecule has 0 aliphatic carbocycles. The van der Waals surface area contributed by atoms with Crippen molar-refractivity contribution in [3.05, 3.63) is 36.4 Å². The first-order valence-corrected chi connectivity index (χ1v) is 6.11. The fourth-order valence-electron chi connectivity index (χ4n) is 1.78. The number of hydrogen-bond donors (Lipinski definition) is 1. The van der Waals surface area contributed by atoms with Crippen molar-refractivity contribution in [2.24, 2.45) is 0 Å². The van der Waals surface area contributed by atoms with E-state index in [0.29, 0.717) is 18.3 Å². The molecule has 0 fully saturated rings. The summed E-state index contributed by atoms with van der Waals surface area (Å²) in [5.74, 6) is 1.15. The van der Waals surface area contributed by atoms with Gasteiger partial charge in [-0.25, -0.2) is 0 Å². The highest BCUT2D eigenvalue weighted by Gasteiger charge is 2.09. The van der Waals surface area contributed by atoms with Crippen molar-refractivity contribution in [1.29, 1.82) is 0 Å². The topological polar surface area (TPSA) is 76.7 Å². The molecule has 0 atom stereocenters. The molecule has 96 valence electrons. The smallest absolute Gasteiger partial charge is 0.258 e. The van der Waals surface area contributed by atoms with Crippen LogP contribution in [0.2, 0.25) is 0 Å². The Bertz CT molecular complexity index is 694. The maximum Gasteiger partial charge on any atom is 0.258 e. The van der Waals surface area contributed by atoms with Gasteiger partial charge in [-0.15, -0.1) is 0 Å². The molecule has 0 aliphatic rings. The zero-order chi connectivity index (χ0) is 13.1. The van der Waals surface area contributed by atoms with Crippen LogP contribution in [0.4, 0.5) is 0 Å². The summed E-state index contributed by atoms with van der Waals surface area (Å²) in [6.45, 7) is 3.51. The second-order valence-electron chi connectivity index (χ2n) is 4.06. The second kappa shape index (κ2) is 5.11. The number of rotatable bonds is 4. The predicted molar refractivity (Wildman–Crippen MR) is 70.2 cm³/mol. The number of benzene rings is 1. The van der Waals surface area contributed by atoms with Crippen molar-refractivity contribution in [1.82, 2.24) is 25.4 Å². The molecule has 0 radical (unpaired) electrons. The van der Waals surface area contributed by atoms with Crippen molar-refractivity contribution in [3.63, 3.8) is 0 Å². The van der Waals surface area contributed by atoms with Crippen LogP contribution >= 0.6 is 0 Å². The average Bonchev–Trinajstić information content (AvgIpc) is 2.93. The molecule has 3 aromatic rings. The van der Waals surface area contributed by atoms with Gasteiger partial charge in [0.05, 0.1) is 17.6 Å². The lowest BCUT2D eigenvalue weighted by Crippen LogP contribution is -2.12. The third-order valence-corrected chi connectivity index (χ3v) is 2.72. The van der Waals surface area contributed by atoms with Gasteiger partial charge in [-0.3, -0.25) is 9.97 Å². The minimum atomic E-state index is 0.500. The molecule has 0 spiro atoms. The molecule has 2 heterocycles. The van der Waals surface area contributed by atoms with Crippen LogP contribution in [0.3, 0.4) is 0 Å². The van der Waals surface area contributed by atoms with Crippen LogP contribution < -0.4 is 5.32 Å². The van der Waals surface area contributed by atoms with Gasteiger partial charge < -0.3 is 9.84 Å². The second-order valence-corrected chi connectivity index (χ2v) is 4.06. The Morgan fingerprint density at radius 1 is 1.16 bits per heavy atom. The summed E-state index contributed by atoms with van der Waals surface area (Å²) < 4.78 is 5.25. The Morgan fingerprint density at radius 3 is 2.84 bits per heavy atom. The average molecular weight is 255 g/mol. The summed E-state index contributed by atoms with van der Waals surface area (Å²) in [4.78, 5) is 12.8. The molecule has 0 aliphatic heterocycles. The number of aromatic nitrogens is 4.